The number of aryl methyl sites for hydroxylation is 1. The first-order chi connectivity index (χ1) is 13.5. The fourth-order valence-electron chi connectivity index (χ4n) is 3.23. The van der Waals surface area contributed by atoms with Gasteiger partial charge in [-0.3, -0.25) is 14.9 Å². The fourth-order valence-corrected chi connectivity index (χ4v) is 3.23. The van der Waals surface area contributed by atoms with Crippen LogP contribution in [0.1, 0.15) is 24.1 Å². The summed E-state index contributed by atoms with van der Waals surface area (Å²) in [5, 5.41) is 14.0. The van der Waals surface area contributed by atoms with Crippen LogP contribution in [-0.2, 0) is 11.2 Å². The summed E-state index contributed by atoms with van der Waals surface area (Å²) in [6, 6.07) is 11.3. The zero-order valence-corrected chi connectivity index (χ0v) is 15.6. The number of nitrogens with one attached hydrogen (secondary N) is 1. The van der Waals surface area contributed by atoms with Gasteiger partial charge >= 0.3 is 5.69 Å². The molecule has 0 saturated carbocycles. The Morgan fingerprint density at radius 3 is 2.71 bits per heavy atom. The number of benzene rings is 2. The SMILES string of the molecule is CCc1ccc(C2CNCCN2C(=O)COc2ccc([N+](=O)[O-])c(F)c2)cc1. The van der Waals surface area contributed by atoms with E-state index in [1.54, 1.807) is 4.90 Å². The lowest BCUT2D eigenvalue weighted by molar-refractivity contribution is -0.387. The second-order valence-electron chi connectivity index (χ2n) is 6.56. The Labute approximate surface area is 162 Å². The van der Waals surface area contributed by atoms with E-state index < -0.39 is 16.4 Å². The number of hydrogen-bond donors (Lipinski definition) is 1. The number of halogens is 1. The normalized spacial score (nSPS) is 16.6. The van der Waals surface area contributed by atoms with Gasteiger partial charge in [-0.05, 0) is 23.6 Å². The van der Waals surface area contributed by atoms with Gasteiger partial charge in [0.2, 0.25) is 5.82 Å². The zero-order valence-electron chi connectivity index (χ0n) is 15.6. The molecule has 7 nitrogen and oxygen atoms in total. The van der Waals surface area contributed by atoms with Crippen molar-refractivity contribution in [1.82, 2.24) is 10.2 Å². The topological polar surface area (TPSA) is 84.7 Å². The van der Waals surface area contributed by atoms with Gasteiger partial charge in [-0.15, -0.1) is 0 Å². The van der Waals surface area contributed by atoms with Crippen LogP contribution in [0.15, 0.2) is 42.5 Å². The van der Waals surface area contributed by atoms with Crippen molar-refractivity contribution in [2.24, 2.45) is 0 Å². The van der Waals surface area contributed by atoms with Gasteiger partial charge in [-0.2, -0.15) is 4.39 Å². The van der Waals surface area contributed by atoms with Crippen LogP contribution in [0.25, 0.3) is 0 Å². The summed E-state index contributed by atoms with van der Waals surface area (Å²) in [6.45, 7) is 3.69. The van der Waals surface area contributed by atoms with E-state index in [4.69, 9.17) is 4.74 Å². The Kier molecular flexibility index (Phi) is 6.20. The van der Waals surface area contributed by atoms with Gasteiger partial charge in [0, 0.05) is 31.8 Å². The highest BCUT2D eigenvalue weighted by molar-refractivity contribution is 5.78. The molecule has 2 aromatic rings. The lowest BCUT2D eigenvalue weighted by Gasteiger charge is -2.36. The predicted molar refractivity (Wildman–Crippen MR) is 102 cm³/mol. The van der Waals surface area contributed by atoms with E-state index in [1.165, 1.54) is 11.6 Å². The summed E-state index contributed by atoms with van der Waals surface area (Å²) in [4.78, 5) is 24.3. The summed E-state index contributed by atoms with van der Waals surface area (Å²) < 4.78 is 19.1. The van der Waals surface area contributed by atoms with E-state index in [0.29, 0.717) is 19.6 Å². The number of nitro groups is 1. The Balaban J connectivity index is 1.67. The minimum Gasteiger partial charge on any atom is -0.484 e. The van der Waals surface area contributed by atoms with Crippen LogP contribution >= 0.6 is 0 Å². The average Bonchev–Trinajstić information content (AvgIpc) is 2.72. The Morgan fingerprint density at radius 2 is 2.07 bits per heavy atom. The number of nitro benzene ring substituents is 1. The maximum absolute atomic E-state index is 13.7. The second kappa shape index (κ2) is 8.79. The third-order valence-electron chi connectivity index (χ3n) is 4.81. The van der Waals surface area contributed by atoms with Gasteiger partial charge in [-0.1, -0.05) is 31.2 Å². The molecule has 0 spiro atoms. The molecular weight excluding hydrogens is 365 g/mol. The Bertz CT molecular complexity index is 857. The largest absolute Gasteiger partial charge is 0.484 e. The summed E-state index contributed by atoms with van der Waals surface area (Å²) in [5.74, 6) is -1.13. The highest BCUT2D eigenvalue weighted by Crippen LogP contribution is 2.25. The molecule has 1 atom stereocenters. The minimum atomic E-state index is -0.994. The number of amides is 1. The van der Waals surface area contributed by atoms with Crippen molar-refractivity contribution >= 4 is 11.6 Å². The quantitative estimate of drug-likeness (QED) is 0.609. The lowest BCUT2D eigenvalue weighted by atomic mass is 10.0. The molecular formula is C20H22FN3O4. The van der Waals surface area contributed by atoms with Gasteiger partial charge in [-0.25, -0.2) is 0 Å². The maximum Gasteiger partial charge on any atom is 0.305 e. The first kappa shape index (κ1) is 19.8. The molecule has 0 bridgehead atoms. The Hall–Kier alpha value is -3.00. The minimum absolute atomic E-state index is 0.0791. The molecule has 28 heavy (non-hydrogen) atoms. The van der Waals surface area contributed by atoms with Gasteiger partial charge in [0.25, 0.3) is 5.91 Å². The van der Waals surface area contributed by atoms with Crippen LogP contribution in [0.5, 0.6) is 5.75 Å². The van der Waals surface area contributed by atoms with E-state index in [1.807, 2.05) is 12.1 Å². The van der Waals surface area contributed by atoms with Crippen LogP contribution in [0.2, 0.25) is 0 Å². The first-order valence-corrected chi connectivity index (χ1v) is 9.15. The average molecular weight is 387 g/mol. The number of nitrogens with zero attached hydrogens (tertiary/aromatic N) is 2. The van der Waals surface area contributed by atoms with Gasteiger partial charge in [0.1, 0.15) is 5.75 Å². The van der Waals surface area contributed by atoms with Crippen LogP contribution in [0, 0.1) is 15.9 Å². The molecule has 3 rings (SSSR count). The van der Waals surface area contributed by atoms with E-state index >= 15 is 0 Å². The molecule has 0 aliphatic carbocycles. The molecule has 0 aromatic heterocycles. The van der Waals surface area contributed by atoms with Crippen molar-refractivity contribution in [3.05, 3.63) is 69.5 Å². The van der Waals surface area contributed by atoms with Crippen molar-refractivity contribution < 1.29 is 18.8 Å². The highest BCUT2D eigenvalue weighted by Gasteiger charge is 2.28. The molecule has 1 N–H and O–H groups in total. The summed E-state index contributed by atoms with van der Waals surface area (Å²) in [6.07, 6.45) is 0.950. The molecule has 1 aliphatic heterocycles. The molecule has 1 aliphatic rings. The van der Waals surface area contributed by atoms with E-state index in [9.17, 15) is 19.3 Å². The van der Waals surface area contributed by atoms with Crippen molar-refractivity contribution in [2.45, 2.75) is 19.4 Å². The third kappa shape index (κ3) is 4.45. The van der Waals surface area contributed by atoms with Crippen LogP contribution in [0.4, 0.5) is 10.1 Å². The first-order valence-electron chi connectivity index (χ1n) is 9.15. The van der Waals surface area contributed by atoms with E-state index in [-0.39, 0.29) is 24.3 Å². The standard InChI is InChI=1S/C20H22FN3O4/c1-2-14-3-5-15(6-4-14)19-12-22-9-10-23(19)20(25)13-28-16-7-8-18(24(26)27)17(21)11-16/h3-8,11,19,22H,2,9-10,12-13H2,1H3. The summed E-state index contributed by atoms with van der Waals surface area (Å²) in [5.41, 5.74) is 1.64. The highest BCUT2D eigenvalue weighted by atomic mass is 19.1. The van der Waals surface area contributed by atoms with Crippen LogP contribution < -0.4 is 10.1 Å². The molecule has 1 fully saturated rings. The van der Waals surface area contributed by atoms with Crippen LogP contribution in [0.3, 0.4) is 0 Å². The van der Waals surface area contributed by atoms with Gasteiger partial charge in [0.15, 0.2) is 6.61 Å². The molecule has 2 aromatic carbocycles. The Morgan fingerprint density at radius 1 is 1.32 bits per heavy atom. The number of hydrogen-bond acceptors (Lipinski definition) is 5. The van der Waals surface area contributed by atoms with Crippen LogP contribution in [-0.4, -0.2) is 42.0 Å². The van der Waals surface area contributed by atoms with Gasteiger partial charge in [0.05, 0.1) is 11.0 Å². The van der Waals surface area contributed by atoms with Crippen molar-refractivity contribution in [3.63, 3.8) is 0 Å². The predicted octanol–water partition coefficient (Wildman–Crippen LogP) is 2.85. The third-order valence-corrected chi connectivity index (χ3v) is 4.81. The number of carbonyl (C=O) groups excluding carboxylic acids is 1. The lowest BCUT2D eigenvalue weighted by Crippen LogP contribution is -2.50. The van der Waals surface area contributed by atoms with Crippen molar-refractivity contribution in [1.29, 1.82) is 0 Å². The second-order valence-corrected chi connectivity index (χ2v) is 6.56. The monoisotopic (exact) mass is 387 g/mol. The summed E-state index contributed by atoms with van der Waals surface area (Å²) in [7, 11) is 0. The molecule has 1 saturated heterocycles. The molecule has 1 heterocycles. The van der Waals surface area contributed by atoms with Crippen molar-refractivity contribution in [2.75, 3.05) is 26.2 Å². The smallest absolute Gasteiger partial charge is 0.305 e. The maximum atomic E-state index is 13.7. The molecule has 8 heteroatoms. The van der Waals surface area contributed by atoms with E-state index in [2.05, 4.69) is 24.4 Å². The molecule has 1 amide bonds. The van der Waals surface area contributed by atoms with E-state index in [0.717, 1.165) is 24.1 Å². The molecule has 0 radical (unpaired) electrons. The summed E-state index contributed by atoms with van der Waals surface area (Å²) >= 11 is 0. The van der Waals surface area contributed by atoms with Crippen molar-refractivity contribution in [3.8, 4) is 5.75 Å². The van der Waals surface area contributed by atoms with Gasteiger partial charge < -0.3 is 15.0 Å². The number of rotatable bonds is 6. The number of ether oxygens (including phenoxy) is 1. The number of carbonyl (C=O) groups is 1. The number of piperazine rings is 1. The fraction of sp³-hybridized carbons (Fsp3) is 0.350. The molecule has 1 unspecified atom stereocenters. The molecule has 148 valence electrons. The zero-order chi connectivity index (χ0) is 20.1.